The highest BCUT2D eigenvalue weighted by molar-refractivity contribution is 9.10. The molecule has 1 N–H and O–H groups in total. The molecule has 88 valence electrons. The minimum Gasteiger partial charge on any atom is -0.359 e. The fourth-order valence-electron chi connectivity index (χ4n) is 1.98. The quantitative estimate of drug-likeness (QED) is 0.708. The predicted octanol–water partition coefficient (Wildman–Crippen LogP) is 4.16. The minimum absolute atomic E-state index is 0.0184. The van der Waals surface area contributed by atoms with Gasteiger partial charge in [-0.15, -0.1) is 0 Å². The van der Waals surface area contributed by atoms with Crippen molar-refractivity contribution in [1.82, 2.24) is 4.98 Å². The van der Waals surface area contributed by atoms with E-state index in [4.69, 9.17) is 0 Å². The lowest BCUT2D eigenvalue weighted by Gasteiger charge is -2.02. The number of hydrogen-bond acceptors (Lipinski definition) is 1. The van der Waals surface area contributed by atoms with Crippen LogP contribution < -0.4 is 0 Å². The van der Waals surface area contributed by atoms with Gasteiger partial charge in [-0.1, -0.05) is 34.1 Å². The molecule has 0 radical (unpaired) electrons. The molecule has 2 aromatic carbocycles. The van der Waals surface area contributed by atoms with Gasteiger partial charge in [0.25, 0.3) is 0 Å². The molecule has 0 saturated carbocycles. The first-order valence-corrected chi connectivity index (χ1v) is 6.41. The van der Waals surface area contributed by atoms with Crippen molar-refractivity contribution < 1.29 is 4.79 Å². The summed E-state index contributed by atoms with van der Waals surface area (Å²) in [5, 5.41) is 2.18. The van der Waals surface area contributed by atoms with Gasteiger partial charge in [-0.05, 0) is 41.1 Å². The van der Waals surface area contributed by atoms with Gasteiger partial charge in [0.1, 0.15) is 0 Å². The molecule has 2 nitrogen and oxygen atoms in total. The Morgan fingerprint density at radius 1 is 1.00 bits per heavy atom. The fraction of sp³-hybridized carbons (Fsp3) is 0. The molecule has 3 heteroatoms. The van der Waals surface area contributed by atoms with E-state index in [9.17, 15) is 4.79 Å². The van der Waals surface area contributed by atoms with Gasteiger partial charge in [0.05, 0.1) is 5.69 Å². The van der Waals surface area contributed by atoms with Crippen LogP contribution in [0.5, 0.6) is 0 Å². The van der Waals surface area contributed by atoms with Crippen molar-refractivity contribution in [2.24, 2.45) is 0 Å². The van der Waals surface area contributed by atoms with E-state index in [1.54, 1.807) is 12.3 Å². The highest BCUT2D eigenvalue weighted by Gasteiger charge is 2.09. The van der Waals surface area contributed by atoms with Gasteiger partial charge in [0, 0.05) is 16.2 Å². The fourth-order valence-corrected chi connectivity index (χ4v) is 2.36. The van der Waals surface area contributed by atoms with Crippen LogP contribution in [0.3, 0.4) is 0 Å². The average molecular weight is 300 g/mol. The highest BCUT2D eigenvalue weighted by Crippen LogP contribution is 2.21. The van der Waals surface area contributed by atoms with Crippen molar-refractivity contribution in [3.8, 4) is 0 Å². The maximum atomic E-state index is 12.2. The van der Waals surface area contributed by atoms with E-state index < -0.39 is 0 Å². The van der Waals surface area contributed by atoms with Crippen molar-refractivity contribution in [2.45, 2.75) is 0 Å². The number of carbonyl (C=O) groups is 1. The van der Waals surface area contributed by atoms with Crippen molar-refractivity contribution in [3.63, 3.8) is 0 Å². The molecule has 0 spiro atoms. The zero-order valence-electron chi connectivity index (χ0n) is 9.48. The van der Waals surface area contributed by atoms with Crippen molar-refractivity contribution >= 4 is 32.5 Å². The van der Waals surface area contributed by atoms with Gasteiger partial charge < -0.3 is 4.98 Å². The summed E-state index contributed by atoms with van der Waals surface area (Å²) < 4.78 is 1.04. The van der Waals surface area contributed by atoms with Crippen LogP contribution in [-0.4, -0.2) is 10.8 Å². The second-order valence-electron chi connectivity index (χ2n) is 4.12. The van der Waals surface area contributed by atoms with Crippen LogP contribution in [0.15, 0.2) is 59.2 Å². The molecular formula is C15H10BrNO. The lowest BCUT2D eigenvalue weighted by atomic mass is 10.0. The zero-order valence-corrected chi connectivity index (χ0v) is 11.1. The molecule has 0 fully saturated rings. The molecule has 3 rings (SSSR count). The van der Waals surface area contributed by atoms with Gasteiger partial charge in [0.2, 0.25) is 5.78 Å². The van der Waals surface area contributed by atoms with Gasteiger partial charge in [0.15, 0.2) is 0 Å². The van der Waals surface area contributed by atoms with Crippen LogP contribution in [-0.2, 0) is 0 Å². The molecule has 3 aromatic rings. The van der Waals surface area contributed by atoms with Crippen LogP contribution in [0.2, 0.25) is 0 Å². The standard InChI is InChI=1S/C15H10BrNO/c16-13-6-5-10-8-12(4-3-11(10)9-13)15(18)14-2-1-7-17-14/h1-9,17H. The second-order valence-corrected chi connectivity index (χ2v) is 5.03. The lowest BCUT2D eigenvalue weighted by Crippen LogP contribution is -2.01. The third-order valence-electron chi connectivity index (χ3n) is 2.91. The van der Waals surface area contributed by atoms with Crippen LogP contribution in [0.1, 0.15) is 16.1 Å². The van der Waals surface area contributed by atoms with Crippen molar-refractivity contribution in [3.05, 3.63) is 70.5 Å². The van der Waals surface area contributed by atoms with E-state index in [1.807, 2.05) is 42.5 Å². The number of carbonyl (C=O) groups excluding carboxylic acids is 1. The van der Waals surface area contributed by atoms with Crippen LogP contribution >= 0.6 is 15.9 Å². The molecule has 18 heavy (non-hydrogen) atoms. The first-order chi connectivity index (χ1) is 8.74. The number of aromatic amines is 1. The van der Waals surface area contributed by atoms with Crippen LogP contribution in [0.4, 0.5) is 0 Å². The number of halogens is 1. The number of rotatable bonds is 2. The van der Waals surface area contributed by atoms with Gasteiger partial charge in [-0.3, -0.25) is 4.79 Å². The summed E-state index contributed by atoms with van der Waals surface area (Å²) in [5.41, 5.74) is 1.32. The largest absolute Gasteiger partial charge is 0.359 e. The topological polar surface area (TPSA) is 32.9 Å². The molecule has 0 amide bonds. The summed E-state index contributed by atoms with van der Waals surface area (Å²) in [6, 6.07) is 15.4. The first-order valence-electron chi connectivity index (χ1n) is 5.61. The Morgan fingerprint density at radius 3 is 2.56 bits per heavy atom. The third kappa shape index (κ3) is 1.97. The number of benzene rings is 2. The number of fused-ring (bicyclic) bond motifs is 1. The Balaban J connectivity index is 2.09. The number of ketones is 1. The van der Waals surface area contributed by atoms with Gasteiger partial charge in [-0.25, -0.2) is 0 Å². The lowest BCUT2D eigenvalue weighted by molar-refractivity contribution is 0.103. The molecule has 1 aromatic heterocycles. The SMILES string of the molecule is O=C(c1ccc2cc(Br)ccc2c1)c1ccc[nH]1. The Morgan fingerprint density at radius 2 is 1.78 bits per heavy atom. The van der Waals surface area contributed by atoms with Crippen molar-refractivity contribution in [2.75, 3.05) is 0 Å². The number of nitrogens with one attached hydrogen (secondary N) is 1. The average Bonchev–Trinajstić information content (AvgIpc) is 2.91. The Labute approximate surface area is 113 Å². The summed E-state index contributed by atoms with van der Waals surface area (Å²) in [5.74, 6) is 0.0184. The third-order valence-corrected chi connectivity index (χ3v) is 3.40. The van der Waals surface area contributed by atoms with Crippen LogP contribution in [0.25, 0.3) is 10.8 Å². The highest BCUT2D eigenvalue weighted by atomic mass is 79.9. The Hall–Kier alpha value is -1.87. The summed E-state index contributed by atoms with van der Waals surface area (Å²) in [4.78, 5) is 15.1. The van der Waals surface area contributed by atoms with E-state index >= 15 is 0 Å². The first kappa shape index (κ1) is 11.2. The smallest absolute Gasteiger partial charge is 0.209 e. The van der Waals surface area contributed by atoms with Gasteiger partial charge in [-0.2, -0.15) is 0 Å². The van der Waals surface area contributed by atoms with E-state index in [0.29, 0.717) is 11.3 Å². The minimum atomic E-state index is 0.0184. The number of aromatic nitrogens is 1. The summed E-state index contributed by atoms with van der Waals surface area (Å²) in [6.45, 7) is 0. The molecule has 0 aliphatic carbocycles. The molecule has 0 aliphatic rings. The van der Waals surface area contributed by atoms with E-state index in [0.717, 1.165) is 15.2 Å². The summed E-state index contributed by atoms with van der Waals surface area (Å²) in [7, 11) is 0. The van der Waals surface area contributed by atoms with E-state index in [1.165, 1.54) is 0 Å². The van der Waals surface area contributed by atoms with E-state index in [2.05, 4.69) is 20.9 Å². The Kier molecular flexibility index (Phi) is 2.76. The zero-order chi connectivity index (χ0) is 12.5. The molecule has 1 heterocycles. The van der Waals surface area contributed by atoms with Crippen LogP contribution in [0, 0.1) is 0 Å². The summed E-state index contributed by atoms with van der Waals surface area (Å²) in [6.07, 6.45) is 1.76. The monoisotopic (exact) mass is 299 g/mol. The molecular weight excluding hydrogens is 290 g/mol. The molecule has 0 aliphatic heterocycles. The molecule has 0 unspecified atom stereocenters. The Bertz CT molecular complexity index is 716. The van der Waals surface area contributed by atoms with E-state index in [-0.39, 0.29) is 5.78 Å². The number of hydrogen-bond donors (Lipinski definition) is 1. The maximum Gasteiger partial charge on any atom is 0.209 e. The second kappa shape index (κ2) is 4.42. The predicted molar refractivity (Wildman–Crippen MR) is 75.9 cm³/mol. The maximum absolute atomic E-state index is 12.2. The molecule has 0 saturated heterocycles. The number of H-pyrrole nitrogens is 1. The van der Waals surface area contributed by atoms with Crippen molar-refractivity contribution in [1.29, 1.82) is 0 Å². The normalized spacial score (nSPS) is 10.7. The molecule has 0 bridgehead atoms. The molecule has 0 atom stereocenters. The summed E-state index contributed by atoms with van der Waals surface area (Å²) >= 11 is 3.44. The van der Waals surface area contributed by atoms with Gasteiger partial charge >= 0.3 is 0 Å².